The Labute approximate surface area is 199 Å². The van der Waals surface area contributed by atoms with Gasteiger partial charge in [-0.2, -0.15) is 4.31 Å². The lowest BCUT2D eigenvalue weighted by Gasteiger charge is -2.31. The number of piperidine rings is 1. The maximum atomic E-state index is 13.6. The summed E-state index contributed by atoms with van der Waals surface area (Å²) in [6, 6.07) is 13.5. The average molecular weight is 484 g/mol. The number of aromatic amines is 1. The summed E-state index contributed by atoms with van der Waals surface area (Å²) in [5, 5.41) is 4.93. The molecule has 2 heterocycles. The second-order valence-electron chi connectivity index (χ2n) is 8.52. The number of nitrogens with one attached hydrogen (secondary N) is 2. The molecule has 9 heteroatoms. The first-order chi connectivity index (χ1) is 16.2. The van der Waals surface area contributed by atoms with Crippen LogP contribution in [0.5, 0.6) is 0 Å². The van der Waals surface area contributed by atoms with E-state index in [1.165, 1.54) is 4.31 Å². The summed E-state index contributed by atoms with van der Waals surface area (Å²) >= 11 is 0. The summed E-state index contributed by atoms with van der Waals surface area (Å²) in [5.74, 6) is -1.40. The molecular formula is C25H29N3O5S. The lowest BCUT2D eigenvalue weighted by Crippen LogP contribution is -2.44. The summed E-state index contributed by atoms with van der Waals surface area (Å²) in [5.41, 5.74) is 1.55. The molecule has 2 N–H and O–H groups in total. The van der Waals surface area contributed by atoms with Crippen LogP contribution in [0, 0.1) is 19.8 Å². The Kier molecular flexibility index (Phi) is 6.77. The number of amides is 1. The molecule has 0 aliphatic carbocycles. The highest BCUT2D eigenvalue weighted by molar-refractivity contribution is 7.89. The van der Waals surface area contributed by atoms with Gasteiger partial charge in [-0.3, -0.25) is 4.79 Å². The maximum Gasteiger partial charge on any atom is 0.341 e. The van der Waals surface area contributed by atoms with Crippen LogP contribution >= 0.6 is 0 Å². The van der Waals surface area contributed by atoms with Gasteiger partial charge < -0.3 is 15.0 Å². The van der Waals surface area contributed by atoms with Crippen molar-refractivity contribution < 1.29 is 22.7 Å². The largest absolute Gasteiger partial charge is 0.462 e. The topological polar surface area (TPSA) is 109 Å². The van der Waals surface area contributed by atoms with Crippen molar-refractivity contribution >= 4 is 38.4 Å². The van der Waals surface area contributed by atoms with Crippen LogP contribution in [-0.2, 0) is 19.6 Å². The fourth-order valence-corrected chi connectivity index (χ4v) is 6.54. The summed E-state index contributed by atoms with van der Waals surface area (Å²) in [6.45, 7) is 5.41. The monoisotopic (exact) mass is 483 g/mol. The Hall–Kier alpha value is -3.17. The van der Waals surface area contributed by atoms with Crippen molar-refractivity contribution in [2.75, 3.05) is 25.0 Å². The smallest absolute Gasteiger partial charge is 0.341 e. The second kappa shape index (κ2) is 9.60. The number of rotatable bonds is 6. The van der Waals surface area contributed by atoms with Crippen molar-refractivity contribution in [3.05, 3.63) is 59.4 Å². The minimum Gasteiger partial charge on any atom is -0.462 e. The number of carbonyl (C=O) groups excluding carboxylic acids is 2. The molecule has 1 amide bonds. The molecule has 2 aromatic carbocycles. The fourth-order valence-electron chi connectivity index (χ4n) is 4.60. The van der Waals surface area contributed by atoms with Crippen molar-refractivity contribution in [3.8, 4) is 0 Å². The van der Waals surface area contributed by atoms with Crippen LogP contribution in [0.3, 0.4) is 0 Å². The summed E-state index contributed by atoms with van der Waals surface area (Å²) in [7, 11) is -4.02. The number of H-pyrrole nitrogens is 1. The molecule has 0 radical (unpaired) electrons. The molecule has 1 fully saturated rings. The van der Waals surface area contributed by atoms with Gasteiger partial charge in [0.05, 0.1) is 12.5 Å². The number of esters is 1. The Morgan fingerprint density at radius 2 is 1.85 bits per heavy atom. The molecule has 0 saturated carbocycles. The van der Waals surface area contributed by atoms with Crippen LogP contribution in [0.15, 0.2) is 47.4 Å². The molecule has 3 aromatic rings. The van der Waals surface area contributed by atoms with Crippen molar-refractivity contribution in [2.45, 2.75) is 38.5 Å². The van der Waals surface area contributed by atoms with Crippen molar-refractivity contribution in [1.29, 1.82) is 0 Å². The van der Waals surface area contributed by atoms with Crippen LogP contribution in [0.1, 0.15) is 41.5 Å². The molecule has 0 bridgehead atoms. The van der Waals surface area contributed by atoms with Gasteiger partial charge in [0.25, 0.3) is 0 Å². The fraction of sp³-hybridized carbons (Fsp3) is 0.360. The lowest BCUT2D eigenvalue weighted by molar-refractivity contribution is -0.120. The van der Waals surface area contributed by atoms with Gasteiger partial charge >= 0.3 is 5.97 Å². The first-order valence-electron chi connectivity index (χ1n) is 11.4. The van der Waals surface area contributed by atoms with Crippen LogP contribution in [0.4, 0.5) is 5.69 Å². The SMILES string of the molecule is CCOC(=O)c1c(C)[nH]c(C)c1S(=O)(=O)N1CCC[C@@H](C(=O)Nc2cccc3ccccc23)C1. The van der Waals surface area contributed by atoms with Gasteiger partial charge in [0, 0.05) is 35.6 Å². The average Bonchev–Trinajstić information content (AvgIpc) is 3.14. The minimum atomic E-state index is -4.02. The van der Waals surface area contributed by atoms with E-state index in [0.717, 1.165) is 10.8 Å². The molecule has 4 rings (SSSR count). The quantitative estimate of drug-likeness (QED) is 0.515. The molecule has 1 aromatic heterocycles. The Morgan fingerprint density at radius 1 is 1.12 bits per heavy atom. The number of hydrogen-bond donors (Lipinski definition) is 2. The number of sulfonamides is 1. The Balaban J connectivity index is 1.58. The molecule has 0 unspecified atom stereocenters. The molecule has 180 valence electrons. The number of hydrogen-bond acceptors (Lipinski definition) is 5. The molecule has 34 heavy (non-hydrogen) atoms. The van der Waals surface area contributed by atoms with Gasteiger partial charge in [-0.25, -0.2) is 13.2 Å². The second-order valence-corrected chi connectivity index (χ2v) is 10.4. The van der Waals surface area contributed by atoms with E-state index in [-0.39, 0.29) is 36.1 Å². The molecule has 0 spiro atoms. The number of carbonyl (C=O) groups is 2. The zero-order chi connectivity index (χ0) is 24.5. The first-order valence-corrected chi connectivity index (χ1v) is 12.8. The zero-order valence-electron chi connectivity index (χ0n) is 19.6. The van der Waals surface area contributed by atoms with Crippen LogP contribution in [0.25, 0.3) is 10.8 Å². The number of fused-ring (bicyclic) bond motifs is 1. The highest BCUT2D eigenvalue weighted by Crippen LogP contribution is 2.31. The number of anilines is 1. The van der Waals surface area contributed by atoms with Crippen molar-refractivity contribution in [3.63, 3.8) is 0 Å². The van der Waals surface area contributed by atoms with Crippen LogP contribution in [-0.4, -0.2) is 49.3 Å². The third-order valence-electron chi connectivity index (χ3n) is 6.20. The maximum absolute atomic E-state index is 13.6. The molecular weight excluding hydrogens is 454 g/mol. The molecule has 1 atom stereocenters. The number of benzene rings is 2. The highest BCUT2D eigenvalue weighted by atomic mass is 32.2. The highest BCUT2D eigenvalue weighted by Gasteiger charge is 2.38. The first kappa shape index (κ1) is 24.0. The van der Waals surface area contributed by atoms with E-state index < -0.39 is 21.9 Å². The predicted octanol–water partition coefficient (Wildman–Crippen LogP) is 4.00. The molecule has 1 aliphatic heterocycles. The van der Waals surface area contributed by atoms with E-state index >= 15 is 0 Å². The number of ether oxygens (including phenoxy) is 1. The van der Waals surface area contributed by atoms with Gasteiger partial charge in [-0.05, 0) is 45.1 Å². The third-order valence-corrected chi connectivity index (χ3v) is 8.24. The number of nitrogens with zero attached hydrogens (tertiary/aromatic N) is 1. The van der Waals surface area contributed by atoms with E-state index in [0.29, 0.717) is 29.9 Å². The summed E-state index contributed by atoms with van der Waals surface area (Å²) in [6.07, 6.45) is 1.13. The van der Waals surface area contributed by atoms with Crippen LogP contribution in [0.2, 0.25) is 0 Å². The van der Waals surface area contributed by atoms with Gasteiger partial charge in [0.2, 0.25) is 15.9 Å². The zero-order valence-corrected chi connectivity index (χ0v) is 20.4. The van der Waals surface area contributed by atoms with Gasteiger partial charge in [-0.1, -0.05) is 36.4 Å². The Morgan fingerprint density at radius 3 is 2.62 bits per heavy atom. The molecule has 1 aliphatic rings. The van der Waals surface area contributed by atoms with Crippen molar-refractivity contribution in [2.24, 2.45) is 5.92 Å². The van der Waals surface area contributed by atoms with Crippen LogP contribution < -0.4 is 5.32 Å². The van der Waals surface area contributed by atoms with E-state index in [9.17, 15) is 18.0 Å². The summed E-state index contributed by atoms with van der Waals surface area (Å²) < 4.78 is 33.6. The number of aryl methyl sites for hydroxylation is 2. The van der Waals surface area contributed by atoms with Gasteiger partial charge in [0.1, 0.15) is 10.5 Å². The molecule has 8 nitrogen and oxygen atoms in total. The Bertz CT molecular complexity index is 1340. The predicted molar refractivity (Wildman–Crippen MR) is 130 cm³/mol. The number of aromatic nitrogens is 1. The van der Waals surface area contributed by atoms with E-state index in [1.54, 1.807) is 20.8 Å². The van der Waals surface area contributed by atoms with E-state index in [1.807, 2.05) is 42.5 Å². The minimum absolute atomic E-state index is 0.0293. The standard InChI is InChI=1S/C25H29N3O5S/c1-4-33-25(30)22-16(2)26-17(3)23(22)34(31,32)28-14-8-11-19(15-28)24(29)27-21-13-7-10-18-9-5-6-12-20(18)21/h5-7,9-10,12-13,19,26H,4,8,11,14-15H2,1-3H3,(H,27,29)/t19-/m1/s1. The molecule has 1 saturated heterocycles. The normalized spacial score (nSPS) is 17.0. The van der Waals surface area contributed by atoms with Gasteiger partial charge in [0.15, 0.2) is 0 Å². The van der Waals surface area contributed by atoms with E-state index in [4.69, 9.17) is 4.74 Å². The van der Waals surface area contributed by atoms with Gasteiger partial charge in [-0.15, -0.1) is 0 Å². The summed E-state index contributed by atoms with van der Waals surface area (Å²) in [4.78, 5) is 28.5. The lowest BCUT2D eigenvalue weighted by atomic mass is 9.98. The third kappa shape index (κ3) is 4.45. The van der Waals surface area contributed by atoms with Crippen molar-refractivity contribution in [1.82, 2.24) is 9.29 Å². The van der Waals surface area contributed by atoms with E-state index in [2.05, 4.69) is 10.3 Å².